The molecule has 430 valence electrons. The number of amides is 1. The first-order chi connectivity index (χ1) is 36.1. The molecule has 14 nitrogen and oxygen atoms in total. The van der Waals surface area contributed by atoms with Gasteiger partial charge in [0, 0.05) is 6.42 Å². The summed E-state index contributed by atoms with van der Waals surface area (Å²) in [4.78, 5) is 13.3. The molecule has 12 atom stereocenters. The van der Waals surface area contributed by atoms with Crippen LogP contribution >= 0.6 is 0 Å². The standard InChI is InChI=1S/C60H107NO13/c1-3-5-7-9-11-13-15-17-18-19-20-21-22-23-24-25-26-27-28-29-30-32-34-36-38-40-42-44-52(65)61-48(49(64)43-41-39-37-35-33-31-16-14-12-10-8-6-4-2)47-71-59-57(70)55(68)58(51(46-63)73-59)74-60-56(69)54(67)53(66)50(45-62)72-60/h5,7,11,13,17-18,20-21,23-24,48-51,53-60,62-64,66-70H,3-4,6,8-10,12,14-16,19,22,25-47H2,1-2H3,(H,61,65)/b7-5-,13-11-,18-17-,21-20-,24-23-. The summed E-state index contributed by atoms with van der Waals surface area (Å²) in [5.41, 5.74) is 0. The van der Waals surface area contributed by atoms with Crippen LogP contribution in [0, 0.1) is 0 Å². The average molecular weight is 1050 g/mol. The SMILES string of the molecule is CC/C=C\C/C=C\C/C=C\C/C=C\C/C=C\CCCCCCCCCCCCCC(=O)NC(COC1OC(CO)C(OC2OC(CO)C(O)C(O)C2O)C(O)C1O)C(O)CCCCCCCCCCCCCCC. The van der Waals surface area contributed by atoms with Crippen molar-refractivity contribution in [1.82, 2.24) is 5.32 Å². The Morgan fingerprint density at radius 3 is 1.43 bits per heavy atom. The molecule has 0 spiro atoms. The highest BCUT2D eigenvalue weighted by Crippen LogP contribution is 2.30. The van der Waals surface area contributed by atoms with Gasteiger partial charge >= 0.3 is 0 Å². The molecule has 0 radical (unpaired) electrons. The molecule has 0 saturated carbocycles. The zero-order valence-corrected chi connectivity index (χ0v) is 46.1. The fraction of sp³-hybridized carbons (Fsp3) is 0.817. The Hall–Kier alpha value is -2.31. The number of nitrogens with one attached hydrogen (secondary N) is 1. The normalized spacial score (nSPS) is 25.6. The van der Waals surface area contributed by atoms with E-state index in [9.17, 15) is 45.6 Å². The van der Waals surface area contributed by atoms with Crippen molar-refractivity contribution in [2.24, 2.45) is 0 Å². The van der Waals surface area contributed by atoms with Crippen LogP contribution in [0.15, 0.2) is 60.8 Å². The first kappa shape index (κ1) is 67.8. The van der Waals surface area contributed by atoms with Crippen LogP contribution in [0.5, 0.6) is 0 Å². The highest BCUT2D eigenvalue weighted by Gasteiger charge is 2.51. The quantitative estimate of drug-likeness (QED) is 0.0205. The lowest BCUT2D eigenvalue weighted by Gasteiger charge is -2.46. The minimum absolute atomic E-state index is 0.212. The Bertz CT molecular complexity index is 1470. The Balaban J connectivity index is 1.71. The fourth-order valence-electron chi connectivity index (χ4n) is 9.50. The van der Waals surface area contributed by atoms with Crippen molar-refractivity contribution >= 4 is 5.91 Å². The number of aliphatic hydroxyl groups is 8. The van der Waals surface area contributed by atoms with Gasteiger partial charge in [0.2, 0.25) is 5.91 Å². The number of rotatable bonds is 46. The summed E-state index contributed by atoms with van der Waals surface area (Å²) >= 11 is 0. The summed E-state index contributed by atoms with van der Waals surface area (Å²) < 4.78 is 22.8. The molecule has 0 aromatic carbocycles. The van der Waals surface area contributed by atoms with Crippen LogP contribution in [0.1, 0.15) is 219 Å². The Kier molecular flexibility index (Phi) is 41.9. The van der Waals surface area contributed by atoms with Gasteiger partial charge in [0.1, 0.15) is 48.8 Å². The van der Waals surface area contributed by atoms with Gasteiger partial charge < -0.3 is 65.1 Å². The molecular weight excluding hydrogens is 943 g/mol. The van der Waals surface area contributed by atoms with Crippen molar-refractivity contribution in [1.29, 1.82) is 0 Å². The summed E-state index contributed by atoms with van der Waals surface area (Å²) in [5, 5.41) is 87.2. The number of ether oxygens (including phenoxy) is 4. The third-order valence-electron chi connectivity index (χ3n) is 14.2. The minimum atomic E-state index is -1.78. The molecule has 74 heavy (non-hydrogen) atoms. The Morgan fingerprint density at radius 1 is 0.500 bits per heavy atom. The van der Waals surface area contributed by atoms with Gasteiger partial charge in [-0.25, -0.2) is 0 Å². The van der Waals surface area contributed by atoms with E-state index in [1.54, 1.807) is 0 Å². The van der Waals surface area contributed by atoms with E-state index in [1.165, 1.54) is 103 Å². The predicted octanol–water partition coefficient (Wildman–Crippen LogP) is 9.78. The third-order valence-corrected chi connectivity index (χ3v) is 14.2. The number of hydrogen-bond donors (Lipinski definition) is 9. The maximum absolute atomic E-state index is 13.3. The van der Waals surface area contributed by atoms with Crippen LogP contribution in [0.4, 0.5) is 0 Å². The molecule has 0 aromatic rings. The number of allylic oxidation sites excluding steroid dienone is 10. The molecule has 0 bridgehead atoms. The number of carbonyl (C=O) groups is 1. The second-order valence-corrected chi connectivity index (χ2v) is 20.7. The highest BCUT2D eigenvalue weighted by atomic mass is 16.7. The van der Waals surface area contributed by atoms with Crippen LogP contribution in [0.25, 0.3) is 0 Å². The summed E-state index contributed by atoms with van der Waals surface area (Å²) in [6, 6.07) is -0.832. The van der Waals surface area contributed by atoms with E-state index in [0.717, 1.165) is 89.9 Å². The van der Waals surface area contributed by atoms with E-state index in [4.69, 9.17) is 18.9 Å². The van der Waals surface area contributed by atoms with E-state index in [2.05, 4.69) is 79.9 Å². The van der Waals surface area contributed by atoms with Crippen molar-refractivity contribution in [3.63, 3.8) is 0 Å². The zero-order chi connectivity index (χ0) is 53.9. The zero-order valence-electron chi connectivity index (χ0n) is 46.1. The predicted molar refractivity (Wildman–Crippen MR) is 295 cm³/mol. The molecule has 2 aliphatic rings. The van der Waals surface area contributed by atoms with Crippen LogP contribution in [-0.2, 0) is 23.7 Å². The van der Waals surface area contributed by atoms with Gasteiger partial charge in [-0.3, -0.25) is 4.79 Å². The molecule has 0 aromatic heterocycles. The van der Waals surface area contributed by atoms with E-state index >= 15 is 0 Å². The molecular formula is C60H107NO13. The van der Waals surface area contributed by atoms with E-state index in [-0.39, 0.29) is 12.5 Å². The molecule has 1 amide bonds. The monoisotopic (exact) mass is 1050 g/mol. The van der Waals surface area contributed by atoms with Crippen molar-refractivity contribution in [2.45, 2.75) is 293 Å². The van der Waals surface area contributed by atoms with Gasteiger partial charge in [-0.2, -0.15) is 0 Å². The van der Waals surface area contributed by atoms with Crippen LogP contribution in [0.3, 0.4) is 0 Å². The molecule has 2 rings (SSSR count). The Labute approximate surface area is 447 Å². The summed E-state index contributed by atoms with van der Waals surface area (Å²) in [5.74, 6) is -0.212. The molecule has 2 heterocycles. The highest BCUT2D eigenvalue weighted by molar-refractivity contribution is 5.76. The number of aliphatic hydroxyl groups excluding tert-OH is 8. The second kappa shape index (κ2) is 45.7. The smallest absolute Gasteiger partial charge is 0.220 e. The first-order valence-electron chi connectivity index (χ1n) is 29.5. The first-order valence-corrected chi connectivity index (χ1v) is 29.5. The van der Waals surface area contributed by atoms with Gasteiger partial charge in [0.15, 0.2) is 12.6 Å². The van der Waals surface area contributed by atoms with Crippen molar-refractivity contribution in [2.75, 3.05) is 19.8 Å². The molecule has 2 saturated heterocycles. The number of unbranched alkanes of at least 4 members (excludes halogenated alkanes) is 23. The fourth-order valence-corrected chi connectivity index (χ4v) is 9.50. The summed E-state index contributed by atoms with van der Waals surface area (Å²) in [6.45, 7) is 2.74. The van der Waals surface area contributed by atoms with Crippen LogP contribution < -0.4 is 5.32 Å². The molecule has 14 heteroatoms. The lowest BCUT2D eigenvalue weighted by atomic mass is 9.97. The van der Waals surface area contributed by atoms with E-state index < -0.39 is 86.8 Å². The van der Waals surface area contributed by atoms with Gasteiger partial charge in [-0.15, -0.1) is 0 Å². The lowest BCUT2D eigenvalue weighted by Crippen LogP contribution is -2.65. The number of carbonyl (C=O) groups excluding carboxylic acids is 1. The lowest BCUT2D eigenvalue weighted by molar-refractivity contribution is -0.359. The molecule has 2 aliphatic heterocycles. The summed E-state index contributed by atoms with van der Waals surface area (Å²) in [6.07, 6.45) is 40.8. The second-order valence-electron chi connectivity index (χ2n) is 20.7. The Morgan fingerprint density at radius 2 is 0.932 bits per heavy atom. The van der Waals surface area contributed by atoms with Gasteiger partial charge in [-0.05, 0) is 57.8 Å². The van der Waals surface area contributed by atoms with Gasteiger partial charge in [-0.1, -0.05) is 216 Å². The maximum Gasteiger partial charge on any atom is 0.220 e. The average Bonchev–Trinajstić information content (AvgIpc) is 3.40. The summed E-state index contributed by atoms with van der Waals surface area (Å²) in [7, 11) is 0. The minimum Gasteiger partial charge on any atom is -0.394 e. The van der Waals surface area contributed by atoms with Gasteiger partial charge in [0.05, 0.1) is 32.0 Å². The largest absolute Gasteiger partial charge is 0.394 e. The number of hydrogen-bond acceptors (Lipinski definition) is 13. The maximum atomic E-state index is 13.3. The van der Waals surface area contributed by atoms with E-state index in [1.807, 2.05) is 0 Å². The topological polar surface area (TPSA) is 228 Å². The van der Waals surface area contributed by atoms with Crippen molar-refractivity contribution in [3.8, 4) is 0 Å². The van der Waals surface area contributed by atoms with Gasteiger partial charge in [0.25, 0.3) is 0 Å². The van der Waals surface area contributed by atoms with Crippen molar-refractivity contribution < 1.29 is 64.6 Å². The molecule has 2 fully saturated rings. The van der Waals surface area contributed by atoms with E-state index in [0.29, 0.717) is 12.8 Å². The molecule has 9 N–H and O–H groups in total. The van der Waals surface area contributed by atoms with Crippen molar-refractivity contribution in [3.05, 3.63) is 60.8 Å². The third kappa shape index (κ3) is 31.2. The molecule has 0 aliphatic carbocycles. The van der Waals surface area contributed by atoms with Crippen LogP contribution in [-0.4, -0.2) is 140 Å². The molecule has 12 unspecified atom stereocenters. The van der Waals surface area contributed by atoms with Crippen LogP contribution in [0.2, 0.25) is 0 Å².